The first-order valence-electron chi connectivity index (χ1n) is 7.38. The van der Waals surface area contributed by atoms with Crippen molar-refractivity contribution in [1.82, 2.24) is 15.2 Å². The molecule has 1 aliphatic rings. The fourth-order valence-corrected chi connectivity index (χ4v) is 2.82. The molecule has 1 N–H and O–H groups in total. The van der Waals surface area contributed by atoms with Crippen molar-refractivity contribution < 1.29 is 4.39 Å². The van der Waals surface area contributed by atoms with E-state index in [1.165, 1.54) is 25.6 Å². The highest BCUT2D eigenvalue weighted by molar-refractivity contribution is 5.46. The Kier molecular flexibility index (Phi) is 5.31. The van der Waals surface area contributed by atoms with Gasteiger partial charge in [0.25, 0.3) is 0 Å². The van der Waals surface area contributed by atoms with Crippen LogP contribution in [0.5, 0.6) is 0 Å². The van der Waals surface area contributed by atoms with Gasteiger partial charge in [-0.2, -0.15) is 0 Å². The van der Waals surface area contributed by atoms with Crippen molar-refractivity contribution in [2.24, 2.45) is 0 Å². The molecule has 2 rings (SSSR count). The molecule has 0 spiro atoms. The molecule has 1 aliphatic heterocycles. The monoisotopic (exact) mass is 280 g/mol. The summed E-state index contributed by atoms with van der Waals surface area (Å²) in [6.45, 7) is 5.67. The van der Waals surface area contributed by atoms with E-state index in [0.29, 0.717) is 12.6 Å². The number of hydrogen-bond acceptors (Lipinski definition) is 4. The number of rotatable bonds is 6. The molecule has 1 aromatic rings. The minimum Gasteiger partial charge on any atom is -0.358 e. The summed E-state index contributed by atoms with van der Waals surface area (Å²) in [6.07, 6.45) is 3.79. The molecule has 20 heavy (non-hydrogen) atoms. The van der Waals surface area contributed by atoms with E-state index in [4.69, 9.17) is 0 Å². The fraction of sp³-hybridized carbons (Fsp3) is 0.667. The first kappa shape index (κ1) is 15.2. The first-order valence-corrected chi connectivity index (χ1v) is 7.38. The van der Waals surface area contributed by atoms with Crippen molar-refractivity contribution in [3.63, 3.8) is 0 Å². The Morgan fingerprint density at radius 1 is 1.55 bits per heavy atom. The van der Waals surface area contributed by atoms with Crippen LogP contribution in [-0.2, 0) is 6.54 Å². The van der Waals surface area contributed by atoms with Crippen molar-refractivity contribution >= 4 is 5.82 Å². The maximum atomic E-state index is 13.4. The number of anilines is 1. The summed E-state index contributed by atoms with van der Waals surface area (Å²) in [5, 5.41) is 3.25. The third kappa shape index (κ3) is 3.67. The Bertz CT molecular complexity index is 438. The van der Waals surface area contributed by atoms with Crippen LogP contribution in [0, 0.1) is 5.82 Å². The molecule has 1 fully saturated rings. The van der Waals surface area contributed by atoms with E-state index < -0.39 is 0 Å². The van der Waals surface area contributed by atoms with Gasteiger partial charge >= 0.3 is 0 Å². The Morgan fingerprint density at radius 3 is 3.00 bits per heavy atom. The van der Waals surface area contributed by atoms with Crippen LogP contribution >= 0.6 is 0 Å². The van der Waals surface area contributed by atoms with Gasteiger partial charge in [0.1, 0.15) is 11.6 Å². The fourth-order valence-electron chi connectivity index (χ4n) is 2.82. The van der Waals surface area contributed by atoms with Crippen LogP contribution in [0.3, 0.4) is 0 Å². The minimum atomic E-state index is -0.270. The summed E-state index contributed by atoms with van der Waals surface area (Å²) in [5.74, 6) is 0.612. The molecule has 5 heteroatoms. The summed E-state index contributed by atoms with van der Waals surface area (Å²) >= 11 is 0. The summed E-state index contributed by atoms with van der Waals surface area (Å²) in [5.41, 5.74) is 0.926. The zero-order valence-corrected chi connectivity index (χ0v) is 12.7. The van der Waals surface area contributed by atoms with Crippen molar-refractivity contribution in [3.8, 4) is 0 Å². The summed E-state index contributed by atoms with van der Waals surface area (Å²) in [7, 11) is 4.21. The molecule has 112 valence electrons. The predicted octanol–water partition coefficient (Wildman–Crippen LogP) is 1.86. The molecular weight excluding hydrogens is 255 g/mol. The standard InChI is InChI=1S/C15H25FN4/c1-4-17-9-12-8-13(16)10-18-15(12)20(3)11-14-6-5-7-19(14)2/h8,10,14,17H,4-7,9,11H2,1-3H3. The van der Waals surface area contributed by atoms with Gasteiger partial charge in [-0.15, -0.1) is 0 Å². The largest absolute Gasteiger partial charge is 0.358 e. The van der Waals surface area contributed by atoms with Gasteiger partial charge in [-0.3, -0.25) is 0 Å². The number of halogens is 1. The smallest absolute Gasteiger partial charge is 0.141 e. The molecule has 0 aromatic carbocycles. The van der Waals surface area contributed by atoms with E-state index in [9.17, 15) is 4.39 Å². The van der Waals surface area contributed by atoms with Crippen LogP contribution < -0.4 is 10.2 Å². The summed E-state index contributed by atoms with van der Waals surface area (Å²) in [6, 6.07) is 2.15. The molecule has 1 atom stereocenters. The van der Waals surface area contributed by atoms with Crippen LogP contribution in [0.4, 0.5) is 10.2 Å². The Morgan fingerprint density at radius 2 is 2.35 bits per heavy atom. The highest BCUT2D eigenvalue weighted by Gasteiger charge is 2.23. The Labute approximate surface area is 121 Å². The molecule has 1 aromatic heterocycles. The van der Waals surface area contributed by atoms with Gasteiger partial charge < -0.3 is 15.1 Å². The minimum absolute atomic E-state index is 0.270. The lowest BCUT2D eigenvalue weighted by atomic mass is 10.2. The third-order valence-corrected chi connectivity index (χ3v) is 3.99. The van der Waals surface area contributed by atoms with E-state index in [-0.39, 0.29) is 5.82 Å². The second-order valence-electron chi connectivity index (χ2n) is 5.57. The first-order chi connectivity index (χ1) is 9.61. The average molecular weight is 280 g/mol. The SMILES string of the molecule is CCNCc1cc(F)cnc1N(C)CC1CCCN1C. The van der Waals surface area contributed by atoms with Gasteiger partial charge in [-0.25, -0.2) is 9.37 Å². The maximum absolute atomic E-state index is 13.4. The van der Waals surface area contributed by atoms with Gasteiger partial charge in [-0.1, -0.05) is 6.92 Å². The Hall–Kier alpha value is -1.20. The van der Waals surface area contributed by atoms with Crippen LogP contribution in [0.2, 0.25) is 0 Å². The van der Waals surface area contributed by atoms with Crippen LogP contribution in [0.1, 0.15) is 25.3 Å². The van der Waals surface area contributed by atoms with E-state index in [2.05, 4.69) is 27.1 Å². The Balaban J connectivity index is 2.09. The van der Waals surface area contributed by atoms with Crippen LogP contribution in [0.25, 0.3) is 0 Å². The lowest BCUT2D eigenvalue weighted by Gasteiger charge is -2.28. The quantitative estimate of drug-likeness (QED) is 0.862. The molecule has 1 saturated heterocycles. The number of nitrogens with one attached hydrogen (secondary N) is 1. The molecule has 0 bridgehead atoms. The average Bonchev–Trinajstić information content (AvgIpc) is 2.82. The van der Waals surface area contributed by atoms with Gasteiger partial charge in [0.2, 0.25) is 0 Å². The topological polar surface area (TPSA) is 31.4 Å². The van der Waals surface area contributed by atoms with Crippen molar-refractivity contribution in [1.29, 1.82) is 0 Å². The van der Waals surface area contributed by atoms with E-state index >= 15 is 0 Å². The van der Waals surface area contributed by atoms with Gasteiger partial charge in [-0.05, 0) is 39.0 Å². The van der Waals surface area contributed by atoms with Crippen molar-refractivity contribution in [3.05, 3.63) is 23.6 Å². The zero-order chi connectivity index (χ0) is 14.5. The number of aromatic nitrogens is 1. The van der Waals surface area contributed by atoms with E-state index in [0.717, 1.165) is 24.5 Å². The van der Waals surface area contributed by atoms with Crippen LogP contribution in [-0.4, -0.2) is 49.7 Å². The number of pyridine rings is 1. The number of nitrogens with zero attached hydrogens (tertiary/aromatic N) is 3. The maximum Gasteiger partial charge on any atom is 0.141 e. The van der Waals surface area contributed by atoms with E-state index in [1.807, 2.05) is 14.0 Å². The predicted molar refractivity (Wildman–Crippen MR) is 80.5 cm³/mol. The molecule has 0 saturated carbocycles. The number of hydrogen-bond donors (Lipinski definition) is 1. The number of likely N-dealkylation sites (N-methyl/N-ethyl adjacent to an activating group) is 2. The van der Waals surface area contributed by atoms with Gasteiger partial charge in [0.05, 0.1) is 6.20 Å². The highest BCUT2D eigenvalue weighted by Crippen LogP contribution is 2.21. The molecule has 0 aliphatic carbocycles. The molecule has 2 heterocycles. The lowest BCUT2D eigenvalue weighted by Crippen LogP contribution is -2.37. The lowest BCUT2D eigenvalue weighted by molar-refractivity contribution is 0.314. The third-order valence-electron chi connectivity index (χ3n) is 3.99. The normalized spacial score (nSPS) is 19.5. The highest BCUT2D eigenvalue weighted by atomic mass is 19.1. The second kappa shape index (κ2) is 6.99. The van der Waals surface area contributed by atoms with Gasteiger partial charge in [0.15, 0.2) is 0 Å². The van der Waals surface area contributed by atoms with E-state index in [1.54, 1.807) is 6.07 Å². The zero-order valence-electron chi connectivity index (χ0n) is 12.7. The van der Waals surface area contributed by atoms with Crippen molar-refractivity contribution in [2.45, 2.75) is 32.4 Å². The molecular formula is C15H25FN4. The van der Waals surface area contributed by atoms with Crippen LogP contribution in [0.15, 0.2) is 12.3 Å². The molecule has 4 nitrogen and oxygen atoms in total. The second-order valence-corrected chi connectivity index (χ2v) is 5.57. The number of likely N-dealkylation sites (tertiary alicyclic amines) is 1. The molecule has 1 unspecified atom stereocenters. The van der Waals surface area contributed by atoms with Gasteiger partial charge in [0, 0.05) is 31.7 Å². The summed E-state index contributed by atoms with van der Waals surface area (Å²) in [4.78, 5) is 8.83. The van der Waals surface area contributed by atoms with Crippen molar-refractivity contribution in [2.75, 3.05) is 38.6 Å². The summed E-state index contributed by atoms with van der Waals surface area (Å²) < 4.78 is 13.4. The molecule has 0 radical (unpaired) electrons. The molecule has 0 amide bonds.